The SMILES string of the molecule is COC(=O)c1ccc2c(c1C)N[C@H](C1CCCC1)[C@@H]1CCCO[C@H]21.Cl. The van der Waals surface area contributed by atoms with Gasteiger partial charge in [-0.15, -0.1) is 12.4 Å². The molecular formula is C20H28ClNO3. The smallest absolute Gasteiger partial charge is 0.338 e. The van der Waals surface area contributed by atoms with Crippen LogP contribution in [0.5, 0.6) is 0 Å². The molecule has 138 valence electrons. The Bertz CT molecular complexity index is 642. The van der Waals surface area contributed by atoms with Gasteiger partial charge in [0.25, 0.3) is 0 Å². The van der Waals surface area contributed by atoms with Crippen molar-refractivity contribution in [1.29, 1.82) is 0 Å². The Morgan fingerprint density at radius 2 is 1.96 bits per heavy atom. The molecule has 1 saturated heterocycles. The van der Waals surface area contributed by atoms with E-state index in [1.165, 1.54) is 44.8 Å². The minimum atomic E-state index is -0.263. The van der Waals surface area contributed by atoms with Crippen molar-refractivity contribution in [2.45, 2.75) is 57.6 Å². The summed E-state index contributed by atoms with van der Waals surface area (Å²) >= 11 is 0. The number of carbonyl (C=O) groups is 1. The van der Waals surface area contributed by atoms with Gasteiger partial charge in [0.05, 0.1) is 18.8 Å². The monoisotopic (exact) mass is 365 g/mol. The lowest BCUT2D eigenvalue weighted by Crippen LogP contribution is -2.45. The van der Waals surface area contributed by atoms with Gasteiger partial charge in [0.2, 0.25) is 0 Å². The lowest BCUT2D eigenvalue weighted by molar-refractivity contribution is -0.0437. The number of rotatable bonds is 2. The zero-order chi connectivity index (χ0) is 16.7. The zero-order valence-corrected chi connectivity index (χ0v) is 15.9. The quantitative estimate of drug-likeness (QED) is 0.774. The van der Waals surface area contributed by atoms with Crippen LogP contribution in [0.2, 0.25) is 0 Å². The number of methoxy groups -OCH3 is 1. The van der Waals surface area contributed by atoms with Gasteiger partial charge in [-0.1, -0.05) is 18.9 Å². The average Bonchev–Trinajstić information content (AvgIpc) is 3.15. The molecular weight excluding hydrogens is 338 g/mol. The van der Waals surface area contributed by atoms with Crippen molar-refractivity contribution >= 4 is 24.1 Å². The maximum Gasteiger partial charge on any atom is 0.338 e. The molecule has 0 radical (unpaired) electrons. The van der Waals surface area contributed by atoms with E-state index >= 15 is 0 Å². The van der Waals surface area contributed by atoms with Gasteiger partial charge in [-0.3, -0.25) is 0 Å². The van der Waals surface area contributed by atoms with Gasteiger partial charge in [-0.2, -0.15) is 0 Å². The van der Waals surface area contributed by atoms with Crippen LogP contribution in [0.15, 0.2) is 12.1 Å². The fourth-order valence-electron chi connectivity index (χ4n) is 5.04. The summed E-state index contributed by atoms with van der Waals surface area (Å²) in [6.07, 6.45) is 7.87. The number of nitrogens with one attached hydrogen (secondary N) is 1. The lowest BCUT2D eigenvalue weighted by Gasteiger charge is -2.46. The molecule has 0 spiro atoms. The third kappa shape index (κ3) is 3.15. The molecule has 1 aromatic rings. The van der Waals surface area contributed by atoms with Crippen LogP contribution in [0, 0.1) is 18.8 Å². The number of carbonyl (C=O) groups excluding carboxylic acids is 1. The Hall–Kier alpha value is -1.26. The summed E-state index contributed by atoms with van der Waals surface area (Å²) in [5.41, 5.74) is 3.98. The van der Waals surface area contributed by atoms with Gasteiger partial charge >= 0.3 is 5.97 Å². The third-order valence-corrected chi connectivity index (χ3v) is 6.26. The van der Waals surface area contributed by atoms with Crippen molar-refractivity contribution in [3.05, 3.63) is 28.8 Å². The minimum absolute atomic E-state index is 0. The van der Waals surface area contributed by atoms with Crippen LogP contribution in [0.1, 0.15) is 66.1 Å². The number of benzene rings is 1. The Kier molecular flexibility index (Phi) is 5.59. The molecule has 0 amide bonds. The van der Waals surface area contributed by atoms with E-state index in [9.17, 15) is 4.79 Å². The van der Waals surface area contributed by atoms with E-state index in [1.807, 2.05) is 13.0 Å². The van der Waals surface area contributed by atoms with E-state index in [0.29, 0.717) is 17.5 Å². The van der Waals surface area contributed by atoms with Gasteiger partial charge in [0.1, 0.15) is 0 Å². The molecule has 1 saturated carbocycles. The summed E-state index contributed by atoms with van der Waals surface area (Å²) in [5.74, 6) is 1.02. The molecule has 1 aliphatic carbocycles. The summed E-state index contributed by atoms with van der Waals surface area (Å²) in [6, 6.07) is 4.43. The molecule has 2 fully saturated rings. The van der Waals surface area contributed by atoms with E-state index in [1.54, 1.807) is 0 Å². The molecule has 1 N–H and O–H groups in total. The average molecular weight is 366 g/mol. The highest BCUT2D eigenvalue weighted by Gasteiger charge is 2.43. The summed E-state index contributed by atoms with van der Waals surface area (Å²) in [7, 11) is 1.44. The van der Waals surface area contributed by atoms with Crippen molar-refractivity contribution in [2.24, 2.45) is 11.8 Å². The second kappa shape index (κ2) is 7.55. The summed E-state index contributed by atoms with van der Waals surface area (Å²) in [4.78, 5) is 12.1. The first kappa shape index (κ1) is 18.5. The standard InChI is InChI=1S/C20H27NO3.ClH/c1-12-14(20(22)23-2)9-10-16-17(12)21-18(13-6-3-4-7-13)15-8-5-11-24-19(15)16;/h9-10,13,15,18-19,21H,3-8,11H2,1-2H3;1H/t15-,18+,19-;/m0./s1. The summed E-state index contributed by atoms with van der Waals surface area (Å²) in [6.45, 7) is 2.86. The van der Waals surface area contributed by atoms with E-state index < -0.39 is 0 Å². The summed E-state index contributed by atoms with van der Waals surface area (Å²) < 4.78 is 11.2. The maximum absolute atomic E-state index is 12.1. The number of esters is 1. The molecule has 3 aliphatic rings. The molecule has 2 heterocycles. The van der Waals surface area contributed by atoms with Crippen LogP contribution in [-0.2, 0) is 9.47 Å². The first-order valence-electron chi connectivity index (χ1n) is 9.30. The van der Waals surface area contributed by atoms with Crippen LogP contribution in [0.4, 0.5) is 5.69 Å². The van der Waals surface area contributed by atoms with Crippen molar-refractivity contribution < 1.29 is 14.3 Å². The molecule has 2 aliphatic heterocycles. The highest BCUT2D eigenvalue weighted by atomic mass is 35.5. The third-order valence-electron chi connectivity index (χ3n) is 6.26. The molecule has 25 heavy (non-hydrogen) atoms. The van der Waals surface area contributed by atoms with Gasteiger partial charge in [-0.25, -0.2) is 4.79 Å². The molecule has 4 nitrogen and oxygen atoms in total. The van der Waals surface area contributed by atoms with Crippen LogP contribution in [0.25, 0.3) is 0 Å². The van der Waals surface area contributed by atoms with E-state index in [0.717, 1.165) is 30.2 Å². The van der Waals surface area contributed by atoms with E-state index in [-0.39, 0.29) is 24.5 Å². The highest BCUT2D eigenvalue weighted by Crippen LogP contribution is 2.49. The number of hydrogen-bond donors (Lipinski definition) is 1. The number of fused-ring (bicyclic) bond motifs is 3. The predicted octanol–water partition coefficient (Wildman–Crippen LogP) is 4.66. The van der Waals surface area contributed by atoms with Crippen LogP contribution in [-0.4, -0.2) is 25.7 Å². The number of anilines is 1. The topological polar surface area (TPSA) is 47.6 Å². The largest absolute Gasteiger partial charge is 0.465 e. The highest BCUT2D eigenvalue weighted by molar-refractivity contribution is 5.93. The summed E-state index contributed by atoms with van der Waals surface area (Å²) in [5, 5.41) is 3.84. The molecule has 0 bridgehead atoms. The predicted molar refractivity (Wildman–Crippen MR) is 101 cm³/mol. The van der Waals surface area contributed by atoms with Crippen LogP contribution < -0.4 is 5.32 Å². The van der Waals surface area contributed by atoms with Crippen LogP contribution >= 0.6 is 12.4 Å². The Balaban J connectivity index is 0.00000182. The molecule has 0 unspecified atom stereocenters. The molecule has 0 aromatic heterocycles. The van der Waals surface area contributed by atoms with Crippen LogP contribution in [0.3, 0.4) is 0 Å². The molecule has 1 aromatic carbocycles. The number of hydrogen-bond acceptors (Lipinski definition) is 4. The Morgan fingerprint density at radius 1 is 1.20 bits per heavy atom. The first-order chi connectivity index (χ1) is 11.7. The number of ether oxygens (including phenoxy) is 2. The Labute approximate surface area is 156 Å². The van der Waals surface area contributed by atoms with E-state index in [4.69, 9.17) is 9.47 Å². The van der Waals surface area contributed by atoms with Crippen molar-refractivity contribution in [1.82, 2.24) is 0 Å². The lowest BCUT2D eigenvalue weighted by atomic mass is 9.74. The van der Waals surface area contributed by atoms with Crippen molar-refractivity contribution in [2.75, 3.05) is 19.0 Å². The van der Waals surface area contributed by atoms with Gasteiger partial charge in [0, 0.05) is 29.8 Å². The second-order valence-electron chi connectivity index (χ2n) is 7.51. The molecule has 5 heteroatoms. The maximum atomic E-state index is 12.1. The fraction of sp³-hybridized carbons (Fsp3) is 0.650. The first-order valence-corrected chi connectivity index (χ1v) is 9.30. The fourth-order valence-corrected chi connectivity index (χ4v) is 5.04. The second-order valence-corrected chi connectivity index (χ2v) is 7.51. The van der Waals surface area contributed by atoms with Crippen molar-refractivity contribution in [3.63, 3.8) is 0 Å². The normalized spacial score (nSPS) is 28.3. The number of halogens is 1. The van der Waals surface area contributed by atoms with Gasteiger partial charge in [-0.05, 0) is 50.2 Å². The Morgan fingerprint density at radius 3 is 2.68 bits per heavy atom. The molecule has 3 atom stereocenters. The van der Waals surface area contributed by atoms with E-state index in [2.05, 4.69) is 11.4 Å². The van der Waals surface area contributed by atoms with Gasteiger partial charge in [0.15, 0.2) is 0 Å². The molecule has 4 rings (SSSR count). The minimum Gasteiger partial charge on any atom is -0.465 e. The zero-order valence-electron chi connectivity index (χ0n) is 15.0. The van der Waals surface area contributed by atoms with Gasteiger partial charge < -0.3 is 14.8 Å². The van der Waals surface area contributed by atoms with Crippen molar-refractivity contribution in [3.8, 4) is 0 Å².